The molecule has 2 heterocycles. The van der Waals surface area contributed by atoms with Crippen molar-refractivity contribution in [3.63, 3.8) is 0 Å². The Morgan fingerprint density at radius 2 is 2.21 bits per heavy atom. The monoisotopic (exact) mass is 274 g/mol. The molecule has 1 aliphatic heterocycles. The van der Waals surface area contributed by atoms with E-state index in [-0.39, 0.29) is 0 Å². The molecular formula is C10H15BrN2S. The van der Waals surface area contributed by atoms with Crippen molar-refractivity contribution in [2.45, 2.75) is 24.6 Å². The number of alkyl halides is 1. The largest absolute Gasteiger partial charge is 0.303 e. The highest BCUT2D eigenvalue weighted by molar-refractivity contribution is 9.08. The summed E-state index contributed by atoms with van der Waals surface area (Å²) in [6, 6.07) is 0. The van der Waals surface area contributed by atoms with Gasteiger partial charge in [-0.25, -0.2) is 4.98 Å². The number of nitrogens with zero attached hydrogens (tertiary/aromatic N) is 2. The Hall–Kier alpha value is 0.0700. The fourth-order valence-corrected chi connectivity index (χ4v) is 3.07. The van der Waals surface area contributed by atoms with Gasteiger partial charge in [0.2, 0.25) is 0 Å². The van der Waals surface area contributed by atoms with Crippen molar-refractivity contribution in [2.24, 2.45) is 0 Å². The van der Waals surface area contributed by atoms with E-state index in [1.807, 2.05) is 0 Å². The number of likely N-dealkylation sites (tertiary alicyclic amines) is 1. The molecule has 0 bridgehead atoms. The zero-order valence-electron chi connectivity index (χ0n) is 8.21. The van der Waals surface area contributed by atoms with E-state index in [0.29, 0.717) is 0 Å². The van der Waals surface area contributed by atoms with Gasteiger partial charge >= 0.3 is 0 Å². The zero-order chi connectivity index (χ0) is 9.80. The smallest absolute Gasteiger partial charge is 0.0941 e. The summed E-state index contributed by atoms with van der Waals surface area (Å²) >= 11 is 5.21. The molecule has 0 aliphatic carbocycles. The summed E-state index contributed by atoms with van der Waals surface area (Å²) in [6.07, 6.45) is 3.88. The molecule has 0 amide bonds. The van der Waals surface area contributed by atoms with Crippen LogP contribution in [0.2, 0.25) is 0 Å². The zero-order valence-corrected chi connectivity index (χ0v) is 10.6. The van der Waals surface area contributed by atoms with Gasteiger partial charge in [0.15, 0.2) is 0 Å². The normalized spacial score (nSPS) is 17.8. The van der Waals surface area contributed by atoms with Gasteiger partial charge in [-0.3, -0.25) is 0 Å². The number of thiazole rings is 1. The second-order valence-electron chi connectivity index (χ2n) is 3.66. The van der Waals surface area contributed by atoms with Crippen LogP contribution in [0.5, 0.6) is 0 Å². The predicted molar refractivity (Wildman–Crippen MR) is 64.1 cm³/mol. The molecule has 1 aromatic heterocycles. The minimum Gasteiger partial charge on any atom is -0.303 e. The highest BCUT2D eigenvalue weighted by Gasteiger charge is 2.11. The van der Waals surface area contributed by atoms with Crippen molar-refractivity contribution in [2.75, 3.05) is 19.6 Å². The van der Waals surface area contributed by atoms with Crippen LogP contribution in [0, 0.1) is 0 Å². The van der Waals surface area contributed by atoms with Gasteiger partial charge in [-0.2, -0.15) is 0 Å². The third-order valence-electron chi connectivity index (χ3n) is 2.58. The molecule has 0 radical (unpaired) electrons. The molecule has 14 heavy (non-hydrogen) atoms. The van der Waals surface area contributed by atoms with Crippen molar-refractivity contribution in [3.05, 3.63) is 16.1 Å². The first-order chi connectivity index (χ1) is 6.88. The molecule has 1 aliphatic rings. The second kappa shape index (κ2) is 5.24. The van der Waals surface area contributed by atoms with Crippen LogP contribution < -0.4 is 0 Å². The van der Waals surface area contributed by atoms with Crippen LogP contribution in [-0.4, -0.2) is 29.5 Å². The van der Waals surface area contributed by atoms with E-state index in [9.17, 15) is 0 Å². The fourth-order valence-electron chi connectivity index (χ4n) is 1.79. The Bertz CT molecular complexity index is 281. The van der Waals surface area contributed by atoms with Crippen LogP contribution in [0.4, 0.5) is 0 Å². The lowest BCUT2D eigenvalue weighted by molar-refractivity contribution is 0.343. The first-order valence-corrected chi connectivity index (χ1v) is 7.10. The molecule has 2 rings (SSSR count). The van der Waals surface area contributed by atoms with Crippen molar-refractivity contribution in [1.29, 1.82) is 0 Å². The number of hydrogen-bond donors (Lipinski definition) is 0. The summed E-state index contributed by atoms with van der Waals surface area (Å²) in [5, 5.41) is 4.31. The Kier molecular flexibility index (Phi) is 3.96. The average Bonchev–Trinajstić information content (AvgIpc) is 2.86. The van der Waals surface area contributed by atoms with E-state index >= 15 is 0 Å². The van der Waals surface area contributed by atoms with Gasteiger partial charge in [-0.15, -0.1) is 11.3 Å². The lowest BCUT2D eigenvalue weighted by atomic mass is 10.4. The summed E-state index contributed by atoms with van der Waals surface area (Å²) in [4.78, 5) is 7.07. The van der Waals surface area contributed by atoms with Gasteiger partial charge in [0.05, 0.1) is 10.7 Å². The third-order valence-corrected chi connectivity index (χ3v) is 4.11. The van der Waals surface area contributed by atoms with Crippen molar-refractivity contribution >= 4 is 27.3 Å². The van der Waals surface area contributed by atoms with E-state index in [2.05, 4.69) is 31.2 Å². The van der Waals surface area contributed by atoms with Gasteiger partial charge in [0, 0.05) is 23.7 Å². The van der Waals surface area contributed by atoms with Crippen molar-refractivity contribution < 1.29 is 0 Å². The van der Waals surface area contributed by atoms with Crippen LogP contribution in [0.25, 0.3) is 0 Å². The first-order valence-electron chi connectivity index (χ1n) is 5.10. The molecule has 2 nitrogen and oxygen atoms in total. The molecule has 1 saturated heterocycles. The maximum absolute atomic E-state index is 4.53. The molecule has 1 fully saturated rings. The number of halogens is 1. The minimum absolute atomic E-state index is 0.882. The molecule has 0 aromatic carbocycles. The van der Waals surface area contributed by atoms with Crippen molar-refractivity contribution in [3.8, 4) is 0 Å². The molecule has 0 spiro atoms. The number of hydrogen-bond acceptors (Lipinski definition) is 3. The molecule has 1 aromatic rings. The Labute approximate surface area is 97.5 Å². The Morgan fingerprint density at radius 3 is 2.86 bits per heavy atom. The predicted octanol–water partition coefficient (Wildman–Crippen LogP) is 2.68. The second-order valence-corrected chi connectivity index (χ2v) is 5.17. The van der Waals surface area contributed by atoms with Crippen LogP contribution in [0.15, 0.2) is 5.38 Å². The standard InChI is InChI=1S/C10H15BrN2S/c11-7-9-8-14-10(12-9)3-6-13-4-1-2-5-13/h8H,1-7H2. The maximum atomic E-state index is 4.53. The summed E-state index contributed by atoms with van der Waals surface area (Å²) in [6.45, 7) is 3.77. The van der Waals surface area contributed by atoms with Gasteiger partial charge in [-0.1, -0.05) is 15.9 Å². The molecule has 0 unspecified atom stereocenters. The first kappa shape index (κ1) is 10.6. The lowest BCUT2D eigenvalue weighted by Gasteiger charge is -2.12. The van der Waals surface area contributed by atoms with Gasteiger partial charge in [0.1, 0.15) is 0 Å². The molecule has 0 saturated carbocycles. The SMILES string of the molecule is BrCc1csc(CCN2CCCC2)n1. The molecular weight excluding hydrogens is 260 g/mol. The highest BCUT2D eigenvalue weighted by Crippen LogP contribution is 2.14. The van der Waals surface area contributed by atoms with Crippen LogP contribution >= 0.6 is 27.3 Å². The summed E-state index contributed by atoms with van der Waals surface area (Å²) in [5.41, 5.74) is 1.17. The Morgan fingerprint density at radius 1 is 1.43 bits per heavy atom. The average molecular weight is 275 g/mol. The Balaban J connectivity index is 1.79. The van der Waals surface area contributed by atoms with Gasteiger partial charge in [0.25, 0.3) is 0 Å². The van der Waals surface area contributed by atoms with Crippen LogP contribution in [-0.2, 0) is 11.8 Å². The van der Waals surface area contributed by atoms with E-state index in [0.717, 1.165) is 11.8 Å². The number of aromatic nitrogens is 1. The maximum Gasteiger partial charge on any atom is 0.0941 e. The van der Waals surface area contributed by atoms with E-state index in [1.54, 1.807) is 11.3 Å². The topological polar surface area (TPSA) is 16.1 Å². The fraction of sp³-hybridized carbons (Fsp3) is 0.700. The summed E-state index contributed by atoms with van der Waals surface area (Å²) in [7, 11) is 0. The van der Waals surface area contributed by atoms with Crippen LogP contribution in [0.3, 0.4) is 0 Å². The number of rotatable bonds is 4. The minimum atomic E-state index is 0.882. The molecule has 4 heteroatoms. The van der Waals surface area contributed by atoms with E-state index in [4.69, 9.17) is 0 Å². The lowest BCUT2D eigenvalue weighted by Crippen LogP contribution is -2.21. The third kappa shape index (κ3) is 2.78. The molecule has 0 N–H and O–H groups in total. The van der Waals surface area contributed by atoms with E-state index < -0.39 is 0 Å². The summed E-state index contributed by atoms with van der Waals surface area (Å²) in [5.74, 6) is 0. The van der Waals surface area contributed by atoms with Gasteiger partial charge in [-0.05, 0) is 25.9 Å². The van der Waals surface area contributed by atoms with Crippen molar-refractivity contribution in [1.82, 2.24) is 9.88 Å². The highest BCUT2D eigenvalue weighted by atomic mass is 79.9. The molecule has 78 valence electrons. The van der Waals surface area contributed by atoms with E-state index in [1.165, 1.54) is 43.2 Å². The quantitative estimate of drug-likeness (QED) is 0.785. The molecule has 0 atom stereocenters. The summed E-state index contributed by atoms with van der Waals surface area (Å²) < 4.78 is 0. The van der Waals surface area contributed by atoms with Gasteiger partial charge < -0.3 is 4.90 Å². The van der Waals surface area contributed by atoms with Crippen LogP contribution in [0.1, 0.15) is 23.5 Å².